The zero-order valence-corrected chi connectivity index (χ0v) is 6.58. The highest BCUT2D eigenvalue weighted by molar-refractivity contribution is 5.58. The number of nitrogens with zero attached hydrogens (tertiary/aromatic N) is 2. The van der Waals surface area contributed by atoms with Crippen LogP contribution in [0.2, 0.25) is 0 Å². The van der Waals surface area contributed by atoms with Gasteiger partial charge in [-0.3, -0.25) is 10.1 Å². The van der Waals surface area contributed by atoms with E-state index in [-0.39, 0.29) is 0 Å². The van der Waals surface area contributed by atoms with Gasteiger partial charge in [0.25, 0.3) is 6.43 Å². The number of hydrogen-bond acceptors (Lipinski definition) is 4. The van der Waals surface area contributed by atoms with Crippen molar-refractivity contribution in [3.05, 3.63) is 27.8 Å². The van der Waals surface area contributed by atoms with E-state index >= 15 is 0 Å². The van der Waals surface area contributed by atoms with Gasteiger partial charge < -0.3 is 5.73 Å². The second-order valence-corrected chi connectivity index (χ2v) is 2.31. The van der Waals surface area contributed by atoms with E-state index < -0.39 is 34.2 Å². The number of aromatic nitrogens is 1. The van der Waals surface area contributed by atoms with E-state index in [1.807, 2.05) is 0 Å². The monoisotopic (exact) mass is 207 g/mol. The molecule has 0 spiro atoms. The van der Waals surface area contributed by atoms with Crippen molar-refractivity contribution in [2.75, 3.05) is 5.73 Å². The van der Waals surface area contributed by atoms with Gasteiger partial charge in [0.1, 0.15) is 11.9 Å². The topological polar surface area (TPSA) is 82.0 Å². The molecule has 0 radical (unpaired) electrons. The summed E-state index contributed by atoms with van der Waals surface area (Å²) in [4.78, 5) is 12.1. The first-order valence-electron chi connectivity index (χ1n) is 3.31. The molecule has 0 aliphatic carbocycles. The zero-order chi connectivity index (χ0) is 10.9. The number of anilines is 1. The number of nitrogens with two attached hydrogens (primary N) is 1. The molecule has 1 heterocycles. The number of pyridine rings is 1. The number of nitrogen functional groups attached to an aromatic ring is 1. The Morgan fingerprint density at radius 3 is 2.57 bits per heavy atom. The van der Waals surface area contributed by atoms with Gasteiger partial charge in [0.05, 0.1) is 4.92 Å². The number of rotatable bonds is 2. The molecule has 0 saturated heterocycles. The zero-order valence-electron chi connectivity index (χ0n) is 6.58. The third-order valence-electron chi connectivity index (χ3n) is 1.47. The van der Waals surface area contributed by atoms with Crippen molar-refractivity contribution in [2.24, 2.45) is 0 Å². The average molecular weight is 207 g/mol. The lowest BCUT2D eigenvalue weighted by atomic mass is 10.3. The molecule has 5 nitrogen and oxygen atoms in total. The summed E-state index contributed by atoms with van der Waals surface area (Å²) in [7, 11) is 0. The van der Waals surface area contributed by atoms with E-state index in [1.54, 1.807) is 0 Å². The molecule has 0 aromatic carbocycles. The molecular weight excluding hydrogens is 203 g/mol. The molecule has 0 fully saturated rings. The van der Waals surface area contributed by atoms with Gasteiger partial charge in [0.15, 0.2) is 11.5 Å². The fourth-order valence-electron chi connectivity index (χ4n) is 0.805. The lowest BCUT2D eigenvalue weighted by Crippen LogP contribution is -2.04. The summed E-state index contributed by atoms with van der Waals surface area (Å²) in [6, 6.07) is 0. The molecule has 0 aliphatic rings. The van der Waals surface area contributed by atoms with E-state index in [1.165, 1.54) is 0 Å². The van der Waals surface area contributed by atoms with Crippen molar-refractivity contribution in [1.29, 1.82) is 0 Å². The molecule has 76 valence electrons. The van der Waals surface area contributed by atoms with Crippen molar-refractivity contribution in [1.82, 2.24) is 4.98 Å². The minimum atomic E-state index is -3.15. The van der Waals surface area contributed by atoms with E-state index in [0.717, 1.165) is 0 Å². The Balaban J connectivity index is 3.33. The predicted octanol–water partition coefficient (Wildman–Crippen LogP) is 1.65. The molecule has 1 aromatic rings. The summed E-state index contributed by atoms with van der Waals surface area (Å²) in [6.45, 7) is 0. The number of alkyl halides is 2. The van der Waals surface area contributed by atoms with Crippen LogP contribution in [0.4, 0.5) is 24.5 Å². The van der Waals surface area contributed by atoms with Crippen LogP contribution in [-0.2, 0) is 0 Å². The van der Waals surface area contributed by atoms with Crippen molar-refractivity contribution in [3.8, 4) is 0 Å². The van der Waals surface area contributed by atoms with Crippen molar-refractivity contribution in [3.63, 3.8) is 0 Å². The molecule has 1 aromatic heterocycles. The fourth-order valence-corrected chi connectivity index (χ4v) is 0.805. The van der Waals surface area contributed by atoms with Crippen LogP contribution in [0.3, 0.4) is 0 Å². The summed E-state index contributed by atoms with van der Waals surface area (Å²) in [5.74, 6) is -1.55. The molecule has 0 amide bonds. The fraction of sp³-hybridized carbons (Fsp3) is 0.167. The second kappa shape index (κ2) is 3.48. The highest BCUT2D eigenvalue weighted by Crippen LogP contribution is 2.29. The van der Waals surface area contributed by atoms with Gasteiger partial charge in [-0.25, -0.2) is 18.2 Å². The Morgan fingerprint density at radius 2 is 2.14 bits per heavy atom. The van der Waals surface area contributed by atoms with E-state index in [2.05, 4.69) is 4.98 Å². The molecule has 1 rings (SSSR count). The van der Waals surface area contributed by atoms with Gasteiger partial charge in [-0.15, -0.1) is 0 Å². The van der Waals surface area contributed by atoms with Crippen molar-refractivity contribution < 1.29 is 18.1 Å². The van der Waals surface area contributed by atoms with Crippen LogP contribution in [-0.4, -0.2) is 9.91 Å². The highest BCUT2D eigenvalue weighted by Gasteiger charge is 2.24. The van der Waals surface area contributed by atoms with Crippen LogP contribution in [0.5, 0.6) is 0 Å². The maximum atomic E-state index is 12.9. The molecule has 2 N–H and O–H groups in total. The van der Waals surface area contributed by atoms with Gasteiger partial charge in [-0.2, -0.15) is 0 Å². The van der Waals surface area contributed by atoms with Gasteiger partial charge in [0, 0.05) is 0 Å². The SMILES string of the molecule is Nc1c([N+](=O)[O-])cnc(C(F)F)c1F. The summed E-state index contributed by atoms with van der Waals surface area (Å²) in [5.41, 5.74) is 1.99. The van der Waals surface area contributed by atoms with E-state index in [9.17, 15) is 23.3 Å². The van der Waals surface area contributed by atoms with Gasteiger partial charge in [-0.1, -0.05) is 0 Å². The molecule has 14 heavy (non-hydrogen) atoms. The van der Waals surface area contributed by atoms with Crippen molar-refractivity contribution in [2.45, 2.75) is 6.43 Å². The Kier molecular flexibility index (Phi) is 2.54. The minimum Gasteiger partial charge on any atom is -0.391 e. The Bertz CT molecular complexity index is 383. The number of hydrogen-bond donors (Lipinski definition) is 1. The molecule has 0 atom stereocenters. The van der Waals surface area contributed by atoms with Crippen LogP contribution < -0.4 is 5.73 Å². The molecule has 0 bridgehead atoms. The van der Waals surface area contributed by atoms with E-state index in [0.29, 0.717) is 6.20 Å². The summed E-state index contributed by atoms with van der Waals surface area (Å²) in [6.07, 6.45) is -2.65. The lowest BCUT2D eigenvalue weighted by molar-refractivity contribution is -0.384. The maximum Gasteiger partial charge on any atom is 0.313 e. The van der Waals surface area contributed by atoms with Crippen LogP contribution in [0.1, 0.15) is 12.1 Å². The second-order valence-electron chi connectivity index (χ2n) is 2.31. The van der Waals surface area contributed by atoms with Crippen molar-refractivity contribution >= 4 is 11.4 Å². The first-order chi connectivity index (χ1) is 6.45. The average Bonchev–Trinajstić information content (AvgIpc) is 2.08. The quantitative estimate of drug-likeness (QED) is 0.590. The molecular formula is C6H4F3N3O2. The van der Waals surface area contributed by atoms with Crippen LogP contribution >= 0.6 is 0 Å². The molecule has 8 heteroatoms. The standard InChI is InChI=1S/C6H4F3N3O2/c7-3-4(10)2(12(13)14)1-11-5(3)6(8)9/h1,6H,(H2,10,11). The van der Waals surface area contributed by atoms with Crippen LogP contribution in [0.25, 0.3) is 0 Å². The number of halogens is 3. The molecule has 0 saturated carbocycles. The van der Waals surface area contributed by atoms with E-state index in [4.69, 9.17) is 5.73 Å². The van der Waals surface area contributed by atoms with Crippen LogP contribution in [0.15, 0.2) is 6.20 Å². The molecule has 0 aliphatic heterocycles. The number of nitro groups is 1. The molecule has 0 unspecified atom stereocenters. The third kappa shape index (κ3) is 1.58. The minimum absolute atomic E-state index is 0.500. The summed E-state index contributed by atoms with van der Waals surface area (Å²) in [5, 5.41) is 10.2. The maximum absolute atomic E-state index is 12.9. The van der Waals surface area contributed by atoms with Gasteiger partial charge in [-0.05, 0) is 0 Å². The predicted molar refractivity (Wildman–Crippen MR) is 40.2 cm³/mol. The first-order valence-corrected chi connectivity index (χ1v) is 3.31. The van der Waals surface area contributed by atoms with Gasteiger partial charge >= 0.3 is 5.69 Å². The lowest BCUT2D eigenvalue weighted by Gasteiger charge is -2.03. The first kappa shape index (κ1) is 10.2. The third-order valence-corrected chi connectivity index (χ3v) is 1.47. The Hall–Kier alpha value is -1.86. The summed E-state index contributed by atoms with van der Waals surface area (Å²) < 4.78 is 36.9. The smallest absolute Gasteiger partial charge is 0.313 e. The largest absolute Gasteiger partial charge is 0.391 e. The summed E-state index contributed by atoms with van der Waals surface area (Å²) >= 11 is 0. The Morgan fingerprint density at radius 1 is 1.57 bits per heavy atom. The normalized spacial score (nSPS) is 10.6. The van der Waals surface area contributed by atoms with Gasteiger partial charge in [0.2, 0.25) is 0 Å². The van der Waals surface area contributed by atoms with Crippen LogP contribution in [0, 0.1) is 15.9 Å². The Labute approximate surface area is 75.5 Å². The highest BCUT2D eigenvalue weighted by atomic mass is 19.3.